The quantitative estimate of drug-likeness (QED) is 0.782. The molecule has 0 spiro atoms. The Labute approximate surface area is 109 Å². The first-order valence-electron chi connectivity index (χ1n) is 5.84. The Kier molecular flexibility index (Phi) is 2.38. The largest absolute Gasteiger partial charge is 0.504 e. The summed E-state index contributed by atoms with van der Waals surface area (Å²) in [7, 11) is 1.93. The molecule has 1 N–H and O–H groups in total. The van der Waals surface area contributed by atoms with Crippen LogP contribution in [0.1, 0.15) is 11.1 Å². The maximum atomic E-state index is 11.4. The van der Waals surface area contributed by atoms with Gasteiger partial charge in [0.05, 0.1) is 5.56 Å². The molecule has 4 heteroatoms. The van der Waals surface area contributed by atoms with E-state index in [9.17, 15) is 14.7 Å². The number of hydrogen-bond acceptors (Lipinski definition) is 4. The molecule has 0 aromatic heterocycles. The van der Waals surface area contributed by atoms with Gasteiger partial charge in [0.15, 0.2) is 5.75 Å². The molecular weight excluding hydrogens is 242 g/mol. The SMILES string of the molecule is CN1C=C/C(=C\c2c(O)c(=O)c2=O)c2ccccc21. The summed E-state index contributed by atoms with van der Waals surface area (Å²) in [5.41, 5.74) is 1.42. The molecule has 0 atom stereocenters. The summed E-state index contributed by atoms with van der Waals surface area (Å²) in [5.74, 6) is -0.442. The highest BCUT2D eigenvalue weighted by atomic mass is 16.3. The Morgan fingerprint density at radius 1 is 1.16 bits per heavy atom. The van der Waals surface area contributed by atoms with Gasteiger partial charge in [-0.2, -0.15) is 0 Å². The third-order valence-electron chi connectivity index (χ3n) is 3.29. The van der Waals surface area contributed by atoms with Crippen LogP contribution < -0.4 is 15.8 Å². The van der Waals surface area contributed by atoms with Gasteiger partial charge in [0.25, 0.3) is 5.43 Å². The van der Waals surface area contributed by atoms with Crippen molar-refractivity contribution in [2.45, 2.75) is 0 Å². The van der Waals surface area contributed by atoms with Gasteiger partial charge in [0.1, 0.15) is 0 Å². The highest BCUT2D eigenvalue weighted by molar-refractivity contribution is 5.95. The van der Waals surface area contributed by atoms with Gasteiger partial charge >= 0.3 is 0 Å². The van der Waals surface area contributed by atoms with E-state index in [1.807, 2.05) is 48.5 Å². The van der Waals surface area contributed by atoms with Crippen molar-refractivity contribution in [3.63, 3.8) is 0 Å². The molecule has 4 nitrogen and oxygen atoms in total. The van der Waals surface area contributed by atoms with Crippen molar-refractivity contribution in [3.05, 3.63) is 68.1 Å². The summed E-state index contributed by atoms with van der Waals surface area (Å²) in [6.07, 6.45) is 5.27. The normalized spacial score (nSPS) is 16.1. The fourth-order valence-corrected chi connectivity index (χ4v) is 2.20. The molecule has 94 valence electrons. The molecule has 0 saturated carbocycles. The van der Waals surface area contributed by atoms with Gasteiger partial charge in [0, 0.05) is 24.5 Å². The average Bonchev–Trinajstić information content (AvgIpc) is 2.46. The first-order chi connectivity index (χ1) is 9.09. The lowest BCUT2D eigenvalue weighted by molar-refractivity contribution is 0.461. The minimum atomic E-state index is -0.808. The van der Waals surface area contributed by atoms with Gasteiger partial charge in [-0.25, -0.2) is 0 Å². The molecule has 0 radical (unpaired) electrons. The molecule has 19 heavy (non-hydrogen) atoms. The molecule has 0 aliphatic carbocycles. The lowest BCUT2D eigenvalue weighted by Gasteiger charge is -2.23. The van der Waals surface area contributed by atoms with E-state index in [0.717, 1.165) is 16.8 Å². The Hall–Kier alpha value is -2.62. The number of benzene rings is 1. The van der Waals surface area contributed by atoms with Crippen molar-refractivity contribution >= 4 is 17.3 Å². The molecule has 2 aromatic carbocycles. The van der Waals surface area contributed by atoms with Crippen molar-refractivity contribution in [2.24, 2.45) is 0 Å². The second-order valence-corrected chi connectivity index (χ2v) is 4.46. The van der Waals surface area contributed by atoms with Gasteiger partial charge in [-0.1, -0.05) is 18.2 Å². The number of rotatable bonds is 1. The minimum Gasteiger partial charge on any atom is -0.504 e. The molecule has 3 rings (SSSR count). The summed E-state index contributed by atoms with van der Waals surface area (Å²) in [6, 6.07) is 7.74. The summed E-state index contributed by atoms with van der Waals surface area (Å²) in [5, 5.41) is 9.41. The van der Waals surface area contributed by atoms with Gasteiger partial charge in [-0.15, -0.1) is 0 Å². The average molecular weight is 253 g/mol. The predicted molar refractivity (Wildman–Crippen MR) is 74.9 cm³/mol. The molecule has 0 saturated heterocycles. The van der Waals surface area contributed by atoms with Crippen LogP contribution in [0.15, 0.2) is 46.1 Å². The van der Waals surface area contributed by atoms with E-state index in [1.165, 1.54) is 0 Å². The topological polar surface area (TPSA) is 57.6 Å². The van der Waals surface area contributed by atoms with Crippen LogP contribution in [0.25, 0.3) is 11.6 Å². The maximum Gasteiger partial charge on any atom is 0.268 e. The number of hydrogen-bond donors (Lipinski definition) is 1. The molecule has 1 heterocycles. The lowest BCUT2D eigenvalue weighted by atomic mass is 9.96. The molecule has 2 aromatic rings. The number of fused-ring (bicyclic) bond motifs is 1. The van der Waals surface area contributed by atoms with Gasteiger partial charge < -0.3 is 10.0 Å². The monoisotopic (exact) mass is 253 g/mol. The van der Waals surface area contributed by atoms with E-state index in [4.69, 9.17) is 0 Å². The molecule has 1 aliphatic heterocycles. The Morgan fingerprint density at radius 3 is 2.63 bits per heavy atom. The van der Waals surface area contributed by atoms with E-state index in [0.29, 0.717) is 0 Å². The predicted octanol–water partition coefficient (Wildman–Crippen LogP) is 1.49. The first kappa shape index (κ1) is 11.5. The molecule has 0 bridgehead atoms. The van der Waals surface area contributed by atoms with Crippen molar-refractivity contribution < 1.29 is 5.11 Å². The Morgan fingerprint density at radius 2 is 1.89 bits per heavy atom. The highest BCUT2D eigenvalue weighted by Gasteiger charge is 2.20. The number of para-hydroxylation sites is 1. The second kappa shape index (κ2) is 3.95. The van der Waals surface area contributed by atoms with Crippen LogP contribution in [0, 0.1) is 0 Å². The number of allylic oxidation sites excluding steroid dienone is 2. The van der Waals surface area contributed by atoms with E-state index in [1.54, 1.807) is 6.08 Å². The van der Waals surface area contributed by atoms with E-state index in [2.05, 4.69) is 0 Å². The van der Waals surface area contributed by atoms with Crippen LogP contribution in [0.4, 0.5) is 5.69 Å². The zero-order valence-electron chi connectivity index (χ0n) is 10.3. The summed E-state index contributed by atoms with van der Waals surface area (Å²) >= 11 is 0. The summed E-state index contributed by atoms with van der Waals surface area (Å²) in [6.45, 7) is 0. The van der Waals surface area contributed by atoms with Gasteiger partial charge in [-0.05, 0) is 23.8 Å². The first-order valence-corrected chi connectivity index (χ1v) is 5.84. The lowest BCUT2D eigenvalue weighted by Crippen LogP contribution is -2.32. The third-order valence-corrected chi connectivity index (χ3v) is 3.29. The number of aromatic hydroxyl groups is 1. The number of nitrogens with zero attached hydrogens (tertiary/aromatic N) is 1. The van der Waals surface area contributed by atoms with Crippen LogP contribution in [0.5, 0.6) is 5.75 Å². The van der Waals surface area contributed by atoms with Crippen LogP contribution in [0.2, 0.25) is 0 Å². The molecular formula is C15H11NO3. The molecule has 0 fully saturated rings. The Bertz CT molecular complexity index is 792. The molecule has 1 aliphatic rings. The van der Waals surface area contributed by atoms with Crippen molar-refractivity contribution in [1.29, 1.82) is 0 Å². The van der Waals surface area contributed by atoms with E-state index in [-0.39, 0.29) is 5.56 Å². The van der Waals surface area contributed by atoms with Crippen molar-refractivity contribution in [1.82, 2.24) is 0 Å². The Balaban J connectivity index is 2.15. The zero-order chi connectivity index (χ0) is 13.6. The van der Waals surface area contributed by atoms with Crippen molar-refractivity contribution in [3.8, 4) is 5.75 Å². The van der Waals surface area contributed by atoms with Crippen LogP contribution >= 0.6 is 0 Å². The third kappa shape index (κ3) is 1.61. The smallest absolute Gasteiger partial charge is 0.268 e. The minimum absolute atomic E-state index is 0.0870. The maximum absolute atomic E-state index is 11.4. The molecule has 0 unspecified atom stereocenters. The van der Waals surface area contributed by atoms with Crippen LogP contribution in [-0.2, 0) is 0 Å². The van der Waals surface area contributed by atoms with E-state index < -0.39 is 16.6 Å². The van der Waals surface area contributed by atoms with Gasteiger partial charge in [0.2, 0.25) is 5.43 Å². The van der Waals surface area contributed by atoms with Crippen molar-refractivity contribution in [2.75, 3.05) is 11.9 Å². The van der Waals surface area contributed by atoms with Gasteiger partial charge in [-0.3, -0.25) is 9.59 Å². The fraction of sp³-hybridized carbons (Fsp3) is 0.0667. The summed E-state index contributed by atoms with van der Waals surface area (Å²) < 4.78 is 0. The number of anilines is 1. The van der Waals surface area contributed by atoms with Crippen LogP contribution in [-0.4, -0.2) is 12.2 Å². The van der Waals surface area contributed by atoms with Crippen LogP contribution in [0.3, 0.4) is 0 Å². The standard InChI is InChI=1S/C15H11NO3/c1-16-7-6-9(10-4-2-3-5-12(10)16)8-11-13(17)15(19)14(11)18/h2-8,17H,1H3/b9-8+. The second-order valence-electron chi connectivity index (χ2n) is 4.46. The zero-order valence-corrected chi connectivity index (χ0v) is 10.3. The van der Waals surface area contributed by atoms with E-state index >= 15 is 0 Å². The summed E-state index contributed by atoms with van der Waals surface area (Å²) in [4.78, 5) is 24.3. The fourth-order valence-electron chi connectivity index (χ4n) is 2.20. The highest BCUT2D eigenvalue weighted by Crippen LogP contribution is 2.33. The molecule has 0 amide bonds.